The first kappa shape index (κ1) is 19.8. The van der Waals surface area contributed by atoms with E-state index in [9.17, 15) is 9.59 Å². The van der Waals surface area contributed by atoms with Crippen LogP contribution in [-0.2, 0) is 0 Å². The highest BCUT2D eigenvalue weighted by Gasteiger charge is 2.12. The molecule has 1 aromatic heterocycles. The molecule has 0 aliphatic heterocycles. The van der Waals surface area contributed by atoms with E-state index in [0.29, 0.717) is 22.4 Å². The van der Waals surface area contributed by atoms with Gasteiger partial charge in [-0.25, -0.2) is 10.2 Å². The summed E-state index contributed by atoms with van der Waals surface area (Å²) in [6.45, 7) is 1.94. The minimum Gasteiger partial charge on any atom is -0.493 e. The standard InChI is InChI=1S/C22H19N3O4/c1-15-5-8-17(9-6-15)22(27)29-19-10-7-16(12-20(19)28-2)13-24-25-21(26)18-4-3-11-23-14-18/h3-14H,1-2H3,(H,25,26)/b24-13-. The minimum atomic E-state index is -0.478. The SMILES string of the molecule is COc1cc(/C=N\NC(=O)c2cccnc2)ccc1OC(=O)c1ccc(C)cc1. The lowest BCUT2D eigenvalue weighted by Crippen LogP contribution is -2.17. The number of nitrogens with zero attached hydrogens (tertiary/aromatic N) is 2. The third-order valence-electron chi connectivity index (χ3n) is 3.98. The highest BCUT2D eigenvalue weighted by atomic mass is 16.6. The number of methoxy groups -OCH3 is 1. The number of esters is 1. The van der Waals surface area contributed by atoms with Crippen LogP contribution in [0, 0.1) is 6.92 Å². The molecule has 3 aromatic rings. The molecule has 0 fully saturated rings. The number of nitrogens with one attached hydrogen (secondary N) is 1. The van der Waals surface area contributed by atoms with Gasteiger partial charge >= 0.3 is 5.97 Å². The number of hydrogen-bond acceptors (Lipinski definition) is 6. The molecule has 0 saturated carbocycles. The van der Waals surface area contributed by atoms with E-state index >= 15 is 0 Å². The Bertz CT molecular complexity index is 1030. The Kier molecular flexibility index (Phi) is 6.32. The Morgan fingerprint density at radius 1 is 1.03 bits per heavy atom. The van der Waals surface area contributed by atoms with Crippen LogP contribution in [0.5, 0.6) is 11.5 Å². The summed E-state index contributed by atoms with van der Waals surface area (Å²) in [6, 6.07) is 15.3. The Morgan fingerprint density at radius 2 is 1.83 bits per heavy atom. The number of aromatic nitrogens is 1. The van der Waals surface area contributed by atoms with Crippen LogP contribution in [0.3, 0.4) is 0 Å². The predicted octanol–water partition coefficient (Wildman–Crippen LogP) is 3.38. The third-order valence-corrected chi connectivity index (χ3v) is 3.98. The Balaban J connectivity index is 1.67. The van der Waals surface area contributed by atoms with Crippen LogP contribution in [0.4, 0.5) is 0 Å². The minimum absolute atomic E-state index is 0.287. The van der Waals surface area contributed by atoms with Crippen molar-refractivity contribution in [2.45, 2.75) is 6.92 Å². The summed E-state index contributed by atoms with van der Waals surface area (Å²) in [6.07, 6.45) is 4.49. The summed E-state index contributed by atoms with van der Waals surface area (Å²) < 4.78 is 10.7. The number of carbonyl (C=O) groups is 2. The number of amides is 1. The lowest BCUT2D eigenvalue weighted by molar-refractivity contribution is 0.0729. The topological polar surface area (TPSA) is 89.9 Å². The van der Waals surface area contributed by atoms with Crippen molar-refractivity contribution in [3.8, 4) is 11.5 Å². The van der Waals surface area contributed by atoms with E-state index in [4.69, 9.17) is 9.47 Å². The van der Waals surface area contributed by atoms with Crippen LogP contribution in [0.25, 0.3) is 0 Å². The van der Waals surface area contributed by atoms with E-state index in [1.165, 1.54) is 19.5 Å². The van der Waals surface area contributed by atoms with Crippen molar-refractivity contribution >= 4 is 18.1 Å². The predicted molar refractivity (Wildman–Crippen MR) is 108 cm³/mol. The van der Waals surface area contributed by atoms with E-state index in [2.05, 4.69) is 15.5 Å². The fourth-order valence-electron chi connectivity index (χ4n) is 2.42. The normalized spacial score (nSPS) is 10.6. The van der Waals surface area contributed by atoms with Gasteiger partial charge in [0.05, 0.1) is 24.5 Å². The van der Waals surface area contributed by atoms with Crippen molar-refractivity contribution in [2.75, 3.05) is 7.11 Å². The molecule has 146 valence electrons. The molecule has 29 heavy (non-hydrogen) atoms. The van der Waals surface area contributed by atoms with Gasteiger partial charge < -0.3 is 9.47 Å². The van der Waals surface area contributed by atoms with Crippen molar-refractivity contribution in [3.05, 3.63) is 89.2 Å². The average Bonchev–Trinajstić information content (AvgIpc) is 2.75. The number of ether oxygens (including phenoxy) is 2. The summed E-state index contributed by atoms with van der Waals surface area (Å²) in [7, 11) is 1.48. The number of rotatable bonds is 6. The number of hydrazone groups is 1. The van der Waals surface area contributed by atoms with E-state index in [1.54, 1.807) is 48.7 Å². The van der Waals surface area contributed by atoms with Gasteiger partial charge in [0.2, 0.25) is 0 Å². The van der Waals surface area contributed by atoms with Gasteiger partial charge in [0.25, 0.3) is 5.91 Å². The van der Waals surface area contributed by atoms with Gasteiger partial charge in [-0.15, -0.1) is 0 Å². The molecule has 2 aromatic carbocycles. The van der Waals surface area contributed by atoms with Crippen molar-refractivity contribution in [3.63, 3.8) is 0 Å². The van der Waals surface area contributed by atoms with Gasteiger partial charge in [-0.05, 0) is 55.0 Å². The van der Waals surface area contributed by atoms with Crippen LogP contribution in [0.1, 0.15) is 31.8 Å². The fraction of sp³-hybridized carbons (Fsp3) is 0.0909. The molecule has 0 saturated heterocycles. The maximum absolute atomic E-state index is 12.3. The van der Waals surface area contributed by atoms with Crippen molar-refractivity contribution in [2.24, 2.45) is 5.10 Å². The van der Waals surface area contributed by atoms with Crippen molar-refractivity contribution in [1.82, 2.24) is 10.4 Å². The number of aryl methyl sites for hydroxylation is 1. The van der Waals surface area contributed by atoms with Crippen LogP contribution in [0.15, 0.2) is 72.1 Å². The second-order valence-corrected chi connectivity index (χ2v) is 6.11. The van der Waals surface area contributed by atoms with E-state index in [1.807, 2.05) is 19.1 Å². The zero-order chi connectivity index (χ0) is 20.6. The average molecular weight is 389 g/mol. The molecule has 7 nitrogen and oxygen atoms in total. The van der Waals surface area contributed by atoms with Gasteiger partial charge in [0.15, 0.2) is 11.5 Å². The summed E-state index contributed by atoms with van der Waals surface area (Å²) >= 11 is 0. The number of benzene rings is 2. The third kappa shape index (κ3) is 5.26. The molecule has 0 radical (unpaired) electrons. The first-order valence-corrected chi connectivity index (χ1v) is 8.77. The molecular weight excluding hydrogens is 370 g/mol. The second kappa shape index (κ2) is 9.27. The summed E-state index contributed by atoms with van der Waals surface area (Å²) in [5.41, 5.74) is 4.98. The molecule has 1 N–H and O–H groups in total. The molecule has 0 bridgehead atoms. The highest BCUT2D eigenvalue weighted by Crippen LogP contribution is 2.28. The second-order valence-electron chi connectivity index (χ2n) is 6.11. The van der Waals surface area contributed by atoms with Crippen LogP contribution < -0.4 is 14.9 Å². The molecule has 0 aliphatic carbocycles. The van der Waals surface area contributed by atoms with Crippen molar-refractivity contribution < 1.29 is 19.1 Å². The molecule has 0 unspecified atom stereocenters. The molecule has 3 rings (SSSR count). The lowest BCUT2D eigenvalue weighted by atomic mass is 10.1. The monoisotopic (exact) mass is 389 g/mol. The molecule has 0 aliphatic rings. The summed E-state index contributed by atoms with van der Waals surface area (Å²) in [5, 5.41) is 3.92. The molecule has 0 spiro atoms. The zero-order valence-electron chi connectivity index (χ0n) is 16.0. The Morgan fingerprint density at radius 3 is 2.52 bits per heavy atom. The van der Waals surface area contributed by atoms with Gasteiger partial charge in [0, 0.05) is 12.4 Å². The Labute approximate surface area is 168 Å². The van der Waals surface area contributed by atoms with E-state index in [0.717, 1.165) is 5.56 Å². The van der Waals surface area contributed by atoms with Gasteiger partial charge in [-0.3, -0.25) is 9.78 Å². The number of hydrogen-bond donors (Lipinski definition) is 1. The first-order chi connectivity index (χ1) is 14.1. The lowest BCUT2D eigenvalue weighted by Gasteiger charge is -2.10. The molecular formula is C22H19N3O4. The highest BCUT2D eigenvalue weighted by molar-refractivity contribution is 5.94. The number of pyridine rings is 1. The zero-order valence-corrected chi connectivity index (χ0v) is 16.0. The van der Waals surface area contributed by atoms with Gasteiger partial charge in [-0.1, -0.05) is 17.7 Å². The quantitative estimate of drug-likeness (QED) is 0.302. The molecule has 7 heteroatoms. The van der Waals surface area contributed by atoms with E-state index in [-0.39, 0.29) is 11.7 Å². The van der Waals surface area contributed by atoms with E-state index < -0.39 is 5.97 Å². The molecule has 0 atom stereocenters. The smallest absolute Gasteiger partial charge is 0.343 e. The van der Waals surface area contributed by atoms with Gasteiger partial charge in [0.1, 0.15) is 0 Å². The Hall–Kier alpha value is -4.00. The summed E-state index contributed by atoms with van der Waals surface area (Å²) in [4.78, 5) is 28.1. The molecule has 1 heterocycles. The maximum atomic E-state index is 12.3. The maximum Gasteiger partial charge on any atom is 0.343 e. The first-order valence-electron chi connectivity index (χ1n) is 8.77. The van der Waals surface area contributed by atoms with Crippen LogP contribution in [-0.4, -0.2) is 30.2 Å². The largest absolute Gasteiger partial charge is 0.493 e. The van der Waals surface area contributed by atoms with Crippen LogP contribution >= 0.6 is 0 Å². The summed E-state index contributed by atoms with van der Waals surface area (Å²) in [5.74, 6) is -0.193. The number of carbonyl (C=O) groups excluding carboxylic acids is 2. The van der Waals surface area contributed by atoms with Gasteiger partial charge in [-0.2, -0.15) is 5.10 Å². The molecule has 1 amide bonds. The van der Waals surface area contributed by atoms with Crippen molar-refractivity contribution in [1.29, 1.82) is 0 Å². The fourth-order valence-corrected chi connectivity index (χ4v) is 2.42. The van der Waals surface area contributed by atoms with Crippen LogP contribution in [0.2, 0.25) is 0 Å².